The van der Waals surface area contributed by atoms with Gasteiger partial charge in [0.05, 0.1) is 10.8 Å². The molecule has 2 aromatic heterocycles. The summed E-state index contributed by atoms with van der Waals surface area (Å²) in [5.74, 6) is 1.17. The van der Waals surface area contributed by atoms with Crippen molar-refractivity contribution in [1.82, 2.24) is 14.3 Å². The Balaban J connectivity index is 1.45. The molecule has 4 rings (SSSR count). The van der Waals surface area contributed by atoms with Crippen LogP contribution in [-0.4, -0.2) is 35.8 Å². The quantitative estimate of drug-likeness (QED) is 0.637. The molecule has 1 aromatic carbocycles. The first-order valence-electron chi connectivity index (χ1n) is 8.06. The van der Waals surface area contributed by atoms with E-state index in [-0.39, 0.29) is 4.90 Å². The summed E-state index contributed by atoms with van der Waals surface area (Å²) >= 11 is 1.46. The van der Waals surface area contributed by atoms with E-state index in [9.17, 15) is 8.42 Å². The van der Waals surface area contributed by atoms with Crippen LogP contribution in [0.15, 0.2) is 56.9 Å². The third kappa shape index (κ3) is 3.42. The minimum Gasteiger partial charge on any atom is -0.440 e. The van der Waals surface area contributed by atoms with Crippen molar-refractivity contribution in [3.63, 3.8) is 0 Å². The van der Waals surface area contributed by atoms with Gasteiger partial charge in [-0.3, -0.25) is 0 Å². The largest absolute Gasteiger partial charge is 0.440 e. The smallest absolute Gasteiger partial charge is 0.244 e. The van der Waals surface area contributed by atoms with E-state index < -0.39 is 10.0 Å². The lowest BCUT2D eigenvalue weighted by molar-refractivity contribution is 0.477. The van der Waals surface area contributed by atoms with Gasteiger partial charge in [0.25, 0.3) is 0 Å². The highest BCUT2D eigenvalue weighted by molar-refractivity contribution is 7.98. The Morgan fingerprint density at radius 2 is 1.92 bits per heavy atom. The molecule has 0 N–H and O–H groups in total. The van der Waals surface area contributed by atoms with Gasteiger partial charge in [0.15, 0.2) is 5.58 Å². The number of pyridine rings is 1. The number of para-hydroxylation sites is 2. The lowest BCUT2D eigenvalue weighted by Gasteiger charge is -2.15. The Kier molecular flexibility index (Phi) is 4.49. The summed E-state index contributed by atoms with van der Waals surface area (Å²) in [7, 11) is -3.41. The van der Waals surface area contributed by atoms with Crippen molar-refractivity contribution in [3.8, 4) is 0 Å². The molecule has 0 atom stereocenters. The second-order valence-electron chi connectivity index (χ2n) is 5.81. The number of sulfonamides is 1. The summed E-state index contributed by atoms with van der Waals surface area (Å²) in [6, 6.07) is 11.0. The summed E-state index contributed by atoms with van der Waals surface area (Å²) in [4.78, 5) is 8.94. The SMILES string of the molecule is O=S(=O)(c1ccc(SCc2nc3ccccc3o2)nc1)N1CCCC1. The number of fused-ring (bicyclic) bond motifs is 1. The fraction of sp³-hybridized carbons (Fsp3) is 0.294. The summed E-state index contributed by atoms with van der Waals surface area (Å²) in [5.41, 5.74) is 1.59. The molecule has 1 saturated heterocycles. The monoisotopic (exact) mass is 375 g/mol. The molecule has 25 heavy (non-hydrogen) atoms. The highest BCUT2D eigenvalue weighted by Crippen LogP contribution is 2.25. The number of thioether (sulfide) groups is 1. The van der Waals surface area contributed by atoms with E-state index in [0.717, 1.165) is 29.0 Å². The summed E-state index contributed by atoms with van der Waals surface area (Å²) < 4.78 is 32.2. The number of aromatic nitrogens is 2. The Labute approximate surface area is 150 Å². The molecule has 3 aromatic rings. The first kappa shape index (κ1) is 16.6. The van der Waals surface area contributed by atoms with Crippen LogP contribution in [0, 0.1) is 0 Å². The molecule has 3 heterocycles. The molecule has 0 radical (unpaired) electrons. The molecule has 130 valence electrons. The van der Waals surface area contributed by atoms with Crippen molar-refractivity contribution in [2.45, 2.75) is 28.5 Å². The maximum Gasteiger partial charge on any atom is 0.244 e. The Morgan fingerprint density at radius 1 is 1.12 bits per heavy atom. The zero-order chi connectivity index (χ0) is 17.3. The number of oxazole rings is 1. The maximum absolute atomic E-state index is 12.5. The van der Waals surface area contributed by atoms with Gasteiger partial charge in [0.2, 0.25) is 15.9 Å². The van der Waals surface area contributed by atoms with E-state index in [1.165, 1.54) is 22.3 Å². The van der Waals surface area contributed by atoms with Gasteiger partial charge >= 0.3 is 0 Å². The van der Waals surface area contributed by atoms with Crippen LogP contribution in [-0.2, 0) is 15.8 Å². The molecule has 0 bridgehead atoms. The number of hydrogen-bond donors (Lipinski definition) is 0. The zero-order valence-electron chi connectivity index (χ0n) is 13.5. The van der Waals surface area contributed by atoms with E-state index >= 15 is 0 Å². The Morgan fingerprint density at radius 3 is 2.64 bits per heavy atom. The van der Waals surface area contributed by atoms with E-state index in [2.05, 4.69) is 9.97 Å². The molecule has 0 aliphatic carbocycles. The molecule has 1 aliphatic rings. The molecule has 1 fully saturated rings. The second-order valence-corrected chi connectivity index (χ2v) is 8.74. The van der Waals surface area contributed by atoms with Crippen LogP contribution in [0.2, 0.25) is 0 Å². The highest BCUT2D eigenvalue weighted by atomic mass is 32.2. The number of rotatable bonds is 5. The van der Waals surface area contributed by atoms with Gasteiger partial charge in [-0.2, -0.15) is 4.31 Å². The number of hydrogen-bond acceptors (Lipinski definition) is 6. The van der Waals surface area contributed by atoms with Crippen molar-refractivity contribution >= 4 is 32.9 Å². The van der Waals surface area contributed by atoms with Gasteiger partial charge in [-0.05, 0) is 37.1 Å². The van der Waals surface area contributed by atoms with E-state index in [4.69, 9.17) is 4.42 Å². The van der Waals surface area contributed by atoms with Crippen molar-refractivity contribution in [2.75, 3.05) is 13.1 Å². The first-order valence-corrected chi connectivity index (χ1v) is 10.5. The minimum atomic E-state index is -3.41. The maximum atomic E-state index is 12.5. The first-order chi connectivity index (χ1) is 12.1. The standard InChI is InChI=1S/C17H17N3O3S2/c21-25(22,20-9-3-4-10-20)13-7-8-17(18-11-13)24-12-16-19-14-5-1-2-6-15(14)23-16/h1-2,5-8,11H,3-4,9-10,12H2. The van der Waals surface area contributed by atoms with Crippen molar-refractivity contribution < 1.29 is 12.8 Å². The lowest BCUT2D eigenvalue weighted by Crippen LogP contribution is -2.27. The van der Waals surface area contributed by atoms with Crippen LogP contribution in [0.4, 0.5) is 0 Å². The molecule has 0 unspecified atom stereocenters. The molecule has 1 aliphatic heterocycles. The molecule has 8 heteroatoms. The van der Waals surface area contributed by atoms with Gasteiger partial charge in [0, 0.05) is 19.3 Å². The predicted octanol–water partition coefficient (Wildman–Crippen LogP) is 3.30. The van der Waals surface area contributed by atoms with Crippen molar-refractivity contribution in [3.05, 3.63) is 48.5 Å². The van der Waals surface area contributed by atoms with E-state index in [0.29, 0.717) is 24.7 Å². The van der Waals surface area contributed by atoms with Crippen LogP contribution in [0.1, 0.15) is 18.7 Å². The predicted molar refractivity (Wildman–Crippen MR) is 95.8 cm³/mol. The van der Waals surface area contributed by atoms with E-state index in [1.807, 2.05) is 24.3 Å². The molecule has 0 saturated carbocycles. The van der Waals surface area contributed by atoms with Gasteiger partial charge in [-0.25, -0.2) is 18.4 Å². The third-order valence-electron chi connectivity index (χ3n) is 4.09. The molecular formula is C17H17N3O3S2. The highest BCUT2D eigenvalue weighted by Gasteiger charge is 2.27. The summed E-state index contributed by atoms with van der Waals surface area (Å²) in [6.07, 6.45) is 3.28. The number of benzene rings is 1. The van der Waals surface area contributed by atoms with Crippen LogP contribution in [0.3, 0.4) is 0 Å². The van der Waals surface area contributed by atoms with Crippen molar-refractivity contribution in [1.29, 1.82) is 0 Å². The Bertz CT molecular complexity index is 945. The minimum absolute atomic E-state index is 0.251. The molecular weight excluding hydrogens is 358 g/mol. The molecule has 6 nitrogen and oxygen atoms in total. The summed E-state index contributed by atoms with van der Waals surface area (Å²) in [5, 5.41) is 0.739. The van der Waals surface area contributed by atoms with Gasteiger partial charge in [0.1, 0.15) is 10.4 Å². The third-order valence-corrected chi connectivity index (χ3v) is 6.90. The normalized spacial score (nSPS) is 15.8. The van der Waals surface area contributed by atoms with Crippen molar-refractivity contribution in [2.24, 2.45) is 0 Å². The number of nitrogens with zero attached hydrogens (tertiary/aromatic N) is 3. The fourth-order valence-corrected chi connectivity index (χ4v) is 4.95. The van der Waals surface area contributed by atoms with Gasteiger partial charge in [-0.15, -0.1) is 0 Å². The average molecular weight is 375 g/mol. The van der Waals surface area contributed by atoms with Crippen LogP contribution >= 0.6 is 11.8 Å². The molecule has 0 amide bonds. The fourth-order valence-electron chi connectivity index (χ4n) is 2.80. The molecule has 0 spiro atoms. The van der Waals surface area contributed by atoms with E-state index in [1.54, 1.807) is 12.1 Å². The van der Waals surface area contributed by atoms with Gasteiger partial charge < -0.3 is 4.42 Å². The lowest BCUT2D eigenvalue weighted by atomic mass is 10.3. The topological polar surface area (TPSA) is 76.3 Å². The van der Waals surface area contributed by atoms with Crippen LogP contribution in [0.25, 0.3) is 11.1 Å². The van der Waals surface area contributed by atoms with Crippen LogP contribution < -0.4 is 0 Å². The average Bonchev–Trinajstić information content (AvgIpc) is 3.30. The zero-order valence-corrected chi connectivity index (χ0v) is 15.1. The summed E-state index contributed by atoms with van der Waals surface area (Å²) in [6.45, 7) is 1.19. The van der Waals surface area contributed by atoms with Gasteiger partial charge in [-0.1, -0.05) is 23.9 Å². The van der Waals surface area contributed by atoms with Crippen LogP contribution in [0.5, 0.6) is 0 Å². The second kappa shape index (κ2) is 6.78. The Hall–Kier alpha value is -1.90.